The van der Waals surface area contributed by atoms with Crippen molar-refractivity contribution in [2.24, 2.45) is 11.7 Å². The molecule has 0 unspecified atom stereocenters. The highest BCUT2D eigenvalue weighted by atomic mass is 16.5. The molecule has 2 rings (SSSR count). The summed E-state index contributed by atoms with van der Waals surface area (Å²) in [7, 11) is 0. The Morgan fingerprint density at radius 1 is 1.25 bits per heavy atom. The maximum Gasteiger partial charge on any atom is 0.0753 e. The number of nitrogens with two attached hydrogens (primary N) is 1. The largest absolute Gasteiger partial charge is 0.373 e. The molecule has 0 amide bonds. The Morgan fingerprint density at radius 3 is 2.56 bits per heavy atom. The van der Waals surface area contributed by atoms with Crippen molar-refractivity contribution in [2.45, 2.75) is 51.2 Å². The zero-order chi connectivity index (χ0) is 11.6. The Hall–Kier alpha value is -0.120. The summed E-state index contributed by atoms with van der Waals surface area (Å²) >= 11 is 0. The highest BCUT2D eigenvalue weighted by Gasteiger charge is 2.29. The minimum atomic E-state index is 0.0450. The van der Waals surface area contributed by atoms with Crippen molar-refractivity contribution < 1.29 is 4.74 Å². The van der Waals surface area contributed by atoms with E-state index in [0.717, 1.165) is 25.6 Å². The maximum absolute atomic E-state index is 5.94. The standard InChI is InChI=1S/C13H26N2O/c1-13(2)10-15(7-8-16-13)9-11-3-5-12(14)6-4-11/h11-12H,3-10,14H2,1-2H3. The van der Waals surface area contributed by atoms with Gasteiger partial charge in [0.2, 0.25) is 0 Å². The normalized spacial score (nSPS) is 36.2. The number of hydrogen-bond donors (Lipinski definition) is 1. The van der Waals surface area contributed by atoms with Crippen LogP contribution >= 0.6 is 0 Å². The van der Waals surface area contributed by atoms with Gasteiger partial charge in [0.15, 0.2) is 0 Å². The molecule has 2 N–H and O–H groups in total. The van der Waals surface area contributed by atoms with Crippen LogP contribution in [0, 0.1) is 5.92 Å². The van der Waals surface area contributed by atoms with E-state index in [1.807, 2.05) is 0 Å². The molecule has 3 heteroatoms. The predicted molar refractivity (Wildman–Crippen MR) is 66.4 cm³/mol. The van der Waals surface area contributed by atoms with Crippen LogP contribution in [0.15, 0.2) is 0 Å². The van der Waals surface area contributed by atoms with Gasteiger partial charge in [-0.2, -0.15) is 0 Å². The second-order valence-corrected chi connectivity index (χ2v) is 6.12. The molecule has 1 heterocycles. The summed E-state index contributed by atoms with van der Waals surface area (Å²) in [6.07, 6.45) is 5.08. The minimum absolute atomic E-state index is 0.0450. The number of nitrogens with zero attached hydrogens (tertiary/aromatic N) is 1. The van der Waals surface area contributed by atoms with E-state index in [1.54, 1.807) is 0 Å². The first-order valence-electron chi connectivity index (χ1n) is 6.67. The van der Waals surface area contributed by atoms with E-state index < -0.39 is 0 Å². The molecule has 94 valence electrons. The van der Waals surface area contributed by atoms with Gasteiger partial charge in [0.25, 0.3) is 0 Å². The molecule has 1 aliphatic carbocycles. The second-order valence-electron chi connectivity index (χ2n) is 6.12. The molecular weight excluding hydrogens is 200 g/mol. The molecule has 16 heavy (non-hydrogen) atoms. The van der Waals surface area contributed by atoms with Gasteiger partial charge in [-0.3, -0.25) is 4.90 Å². The molecule has 2 fully saturated rings. The predicted octanol–water partition coefficient (Wildman–Crippen LogP) is 1.61. The Balaban J connectivity index is 1.76. The van der Waals surface area contributed by atoms with E-state index in [1.165, 1.54) is 32.2 Å². The van der Waals surface area contributed by atoms with E-state index in [2.05, 4.69) is 18.7 Å². The summed E-state index contributed by atoms with van der Waals surface area (Å²) in [5, 5.41) is 0. The first kappa shape index (κ1) is 12.3. The Labute approximate surface area is 99.3 Å². The third-order valence-electron chi connectivity index (χ3n) is 3.91. The molecule has 0 aromatic rings. The highest BCUT2D eigenvalue weighted by molar-refractivity contribution is 4.82. The van der Waals surface area contributed by atoms with Gasteiger partial charge in [-0.15, -0.1) is 0 Å². The lowest BCUT2D eigenvalue weighted by Crippen LogP contribution is -2.50. The Bertz CT molecular complexity index is 222. The summed E-state index contributed by atoms with van der Waals surface area (Å²) in [5.41, 5.74) is 5.98. The maximum atomic E-state index is 5.94. The van der Waals surface area contributed by atoms with Crippen molar-refractivity contribution in [1.29, 1.82) is 0 Å². The van der Waals surface area contributed by atoms with E-state index in [-0.39, 0.29) is 5.60 Å². The van der Waals surface area contributed by atoms with Gasteiger partial charge in [-0.25, -0.2) is 0 Å². The lowest BCUT2D eigenvalue weighted by Gasteiger charge is -2.40. The van der Waals surface area contributed by atoms with Crippen molar-refractivity contribution in [3.05, 3.63) is 0 Å². The molecule has 3 nitrogen and oxygen atoms in total. The average Bonchev–Trinajstić information content (AvgIpc) is 2.20. The van der Waals surface area contributed by atoms with Crippen LogP contribution in [-0.2, 0) is 4.74 Å². The van der Waals surface area contributed by atoms with Gasteiger partial charge < -0.3 is 10.5 Å². The van der Waals surface area contributed by atoms with Crippen molar-refractivity contribution in [3.63, 3.8) is 0 Å². The van der Waals surface area contributed by atoms with Gasteiger partial charge in [0, 0.05) is 25.7 Å². The van der Waals surface area contributed by atoms with Crippen LogP contribution in [0.3, 0.4) is 0 Å². The van der Waals surface area contributed by atoms with E-state index >= 15 is 0 Å². The number of rotatable bonds is 2. The fourth-order valence-electron chi connectivity index (χ4n) is 3.01. The Kier molecular flexibility index (Phi) is 3.88. The summed E-state index contributed by atoms with van der Waals surface area (Å²) in [6.45, 7) is 8.70. The molecule has 0 atom stereocenters. The average molecular weight is 226 g/mol. The van der Waals surface area contributed by atoms with Crippen LogP contribution < -0.4 is 5.73 Å². The van der Waals surface area contributed by atoms with Gasteiger partial charge in [0.05, 0.1) is 12.2 Å². The van der Waals surface area contributed by atoms with E-state index in [0.29, 0.717) is 6.04 Å². The fraction of sp³-hybridized carbons (Fsp3) is 1.00. The smallest absolute Gasteiger partial charge is 0.0753 e. The van der Waals surface area contributed by atoms with E-state index in [4.69, 9.17) is 10.5 Å². The SMILES string of the molecule is CC1(C)CN(CC2CCC(N)CC2)CCO1. The number of hydrogen-bond acceptors (Lipinski definition) is 3. The summed E-state index contributed by atoms with van der Waals surface area (Å²) in [5.74, 6) is 0.869. The summed E-state index contributed by atoms with van der Waals surface area (Å²) in [6, 6.07) is 0.470. The number of ether oxygens (including phenoxy) is 1. The van der Waals surface area contributed by atoms with Crippen molar-refractivity contribution in [2.75, 3.05) is 26.2 Å². The van der Waals surface area contributed by atoms with Gasteiger partial charge in [-0.05, 0) is 45.4 Å². The van der Waals surface area contributed by atoms with Crippen LogP contribution in [-0.4, -0.2) is 42.8 Å². The zero-order valence-electron chi connectivity index (χ0n) is 10.7. The van der Waals surface area contributed by atoms with Crippen LogP contribution in [0.25, 0.3) is 0 Å². The molecule has 1 saturated heterocycles. The summed E-state index contributed by atoms with van der Waals surface area (Å²) < 4.78 is 5.74. The van der Waals surface area contributed by atoms with Crippen LogP contribution in [0.5, 0.6) is 0 Å². The van der Waals surface area contributed by atoms with Gasteiger partial charge in [0.1, 0.15) is 0 Å². The van der Waals surface area contributed by atoms with Crippen molar-refractivity contribution in [3.8, 4) is 0 Å². The van der Waals surface area contributed by atoms with Crippen molar-refractivity contribution in [1.82, 2.24) is 4.90 Å². The lowest BCUT2D eigenvalue weighted by atomic mass is 9.86. The minimum Gasteiger partial charge on any atom is -0.373 e. The van der Waals surface area contributed by atoms with Crippen LogP contribution in [0.2, 0.25) is 0 Å². The molecule has 1 saturated carbocycles. The highest BCUT2D eigenvalue weighted by Crippen LogP contribution is 2.25. The monoisotopic (exact) mass is 226 g/mol. The Morgan fingerprint density at radius 2 is 1.94 bits per heavy atom. The molecule has 1 aliphatic heterocycles. The molecule has 0 spiro atoms. The first-order chi connectivity index (χ1) is 7.55. The lowest BCUT2D eigenvalue weighted by molar-refractivity contribution is -0.0898. The topological polar surface area (TPSA) is 38.5 Å². The molecule has 0 aromatic heterocycles. The molecule has 0 radical (unpaired) electrons. The third-order valence-corrected chi connectivity index (χ3v) is 3.91. The third kappa shape index (κ3) is 3.44. The first-order valence-corrected chi connectivity index (χ1v) is 6.67. The van der Waals surface area contributed by atoms with Crippen LogP contribution in [0.1, 0.15) is 39.5 Å². The zero-order valence-corrected chi connectivity index (χ0v) is 10.7. The van der Waals surface area contributed by atoms with E-state index in [9.17, 15) is 0 Å². The van der Waals surface area contributed by atoms with Gasteiger partial charge in [-0.1, -0.05) is 0 Å². The second kappa shape index (κ2) is 5.03. The number of morpholine rings is 1. The fourth-order valence-corrected chi connectivity index (χ4v) is 3.01. The molecule has 0 bridgehead atoms. The van der Waals surface area contributed by atoms with Crippen molar-refractivity contribution >= 4 is 0 Å². The summed E-state index contributed by atoms with van der Waals surface area (Å²) in [4.78, 5) is 2.57. The molecule has 2 aliphatic rings. The van der Waals surface area contributed by atoms with Gasteiger partial charge >= 0.3 is 0 Å². The molecule has 0 aromatic carbocycles. The van der Waals surface area contributed by atoms with Crippen LogP contribution in [0.4, 0.5) is 0 Å². The quantitative estimate of drug-likeness (QED) is 0.777. The molecular formula is C13H26N2O.